The van der Waals surface area contributed by atoms with Crippen molar-refractivity contribution in [3.8, 4) is 0 Å². The summed E-state index contributed by atoms with van der Waals surface area (Å²) in [6.07, 6.45) is 1.18. The van der Waals surface area contributed by atoms with Gasteiger partial charge >= 0.3 is 0 Å². The number of rotatable bonds is 5. The van der Waals surface area contributed by atoms with Crippen LogP contribution in [-0.4, -0.2) is 12.6 Å². The molecule has 0 aliphatic rings. The van der Waals surface area contributed by atoms with Gasteiger partial charge in [0.2, 0.25) is 0 Å². The van der Waals surface area contributed by atoms with E-state index in [-0.39, 0.29) is 5.41 Å². The van der Waals surface area contributed by atoms with Crippen LogP contribution in [0.4, 0.5) is 0 Å². The molecule has 1 N–H and O–H groups in total. The van der Waals surface area contributed by atoms with Crippen molar-refractivity contribution < 1.29 is 0 Å². The SMILES string of the molecule is CC(C)NCCC(C)(C)c1ccccc1. The highest BCUT2D eigenvalue weighted by Crippen LogP contribution is 2.25. The number of benzene rings is 1. The van der Waals surface area contributed by atoms with Gasteiger partial charge in [0, 0.05) is 6.04 Å². The van der Waals surface area contributed by atoms with Gasteiger partial charge in [0.15, 0.2) is 0 Å². The molecule has 0 bridgehead atoms. The first-order valence-corrected chi connectivity index (χ1v) is 5.81. The normalized spacial score (nSPS) is 12.1. The molecule has 84 valence electrons. The zero-order valence-electron chi connectivity index (χ0n) is 10.4. The predicted octanol–water partition coefficient (Wildman–Crippen LogP) is 3.35. The number of nitrogens with one attached hydrogen (secondary N) is 1. The Morgan fingerprint density at radius 3 is 2.27 bits per heavy atom. The summed E-state index contributed by atoms with van der Waals surface area (Å²) in [6.45, 7) is 10.1. The van der Waals surface area contributed by atoms with Crippen LogP contribution in [0.1, 0.15) is 39.7 Å². The molecule has 0 aromatic heterocycles. The Balaban J connectivity index is 2.52. The fourth-order valence-electron chi connectivity index (χ4n) is 1.71. The van der Waals surface area contributed by atoms with Gasteiger partial charge in [-0.05, 0) is 23.9 Å². The maximum absolute atomic E-state index is 3.47. The van der Waals surface area contributed by atoms with Crippen molar-refractivity contribution in [2.45, 2.75) is 45.6 Å². The second kappa shape index (κ2) is 5.32. The first-order chi connectivity index (χ1) is 7.02. The van der Waals surface area contributed by atoms with E-state index in [1.807, 2.05) is 0 Å². The molecule has 0 unspecified atom stereocenters. The van der Waals surface area contributed by atoms with Crippen LogP contribution in [0.25, 0.3) is 0 Å². The van der Waals surface area contributed by atoms with Gasteiger partial charge in [-0.3, -0.25) is 0 Å². The van der Waals surface area contributed by atoms with Crippen LogP contribution in [0.3, 0.4) is 0 Å². The Morgan fingerprint density at radius 1 is 1.13 bits per heavy atom. The first kappa shape index (κ1) is 12.3. The molecule has 1 aromatic carbocycles. The third-order valence-corrected chi connectivity index (χ3v) is 2.86. The quantitative estimate of drug-likeness (QED) is 0.777. The highest BCUT2D eigenvalue weighted by molar-refractivity contribution is 5.23. The molecule has 1 nitrogen and oxygen atoms in total. The molecule has 0 spiro atoms. The summed E-state index contributed by atoms with van der Waals surface area (Å²) >= 11 is 0. The predicted molar refractivity (Wildman–Crippen MR) is 67.2 cm³/mol. The average molecular weight is 205 g/mol. The Bertz CT molecular complexity index is 275. The average Bonchev–Trinajstić information content (AvgIpc) is 2.18. The molecule has 0 amide bonds. The number of hydrogen-bond acceptors (Lipinski definition) is 1. The van der Waals surface area contributed by atoms with E-state index in [4.69, 9.17) is 0 Å². The molecule has 0 atom stereocenters. The lowest BCUT2D eigenvalue weighted by Crippen LogP contribution is -2.29. The zero-order valence-corrected chi connectivity index (χ0v) is 10.4. The molecule has 1 aromatic rings. The molecule has 0 aliphatic carbocycles. The van der Waals surface area contributed by atoms with Crippen molar-refractivity contribution in [1.29, 1.82) is 0 Å². The maximum atomic E-state index is 3.47. The van der Waals surface area contributed by atoms with Crippen LogP contribution in [0, 0.1) is 0 Å². The second-order valence-corrected chi connectivity index (χ2v) is 5.11. The van der Waals surface area contributed by atoms with Gasteiger partial charge in [-0.2, -0.15) is 0 Å². The fourth-order valence-corrected chi connectivity index (χ4v) is 1.71. The summed E-state index contributed by atoms with van der Waals surface area (Å²) in [6, 6.07) is 11.3. The minimum atomic E-state index is 0.267. The third-order valence-electron chi connectivity index (χ3n) is 2.86. The molecule has 0 fully saturated rings. The van der Waals surface area contributed by atoms with Crippen LogP contribution < -0.4 is 5.32 Å². The van der Waals surface area contributed by atoms with Gasteiger partial charge in [0.25, 0.3) is 0 Å². The summed E-state index contributed by atoms with van der Waals surface area (Å²) < 4.78 is 0. The Hall–Kier alpha value is -0.820. The molecule has 0 heterocycles. The Labute approximate surface area is 93.9 Å². The van der Waals surface area contributed by atoms with Gasteiger partial charge < -0.3 is 5.32 Å². The van der Waals surface area contributed by atoms with E-state index in [2.05, 4.69) is 63.3 Å². The lowest BCUT2D eigenvalue weighted by atomic mass is 9.81. The molecule has 1 heteroatoms. The van der Waals surface area contributed by atoms with E-state index in [1.54, 1.807) is 0 Å². The van der Waals surface area contributed by atoms with E-state index >= 15 is 0 Å². The van der Waals surface area contributed by atoms with Crippen molar-refractivity contribution in [3.63, 3.8) is 0 Å². The Kier molecular flexibility index (Phi) is 4.34. The second-order valence-electron chi connectivity index (χ2n) is 5.11. The molecule has 0 aliphatic heterocycles. The molecule has 0 radical (unpaired) electrons. The fraction of sp³-hybridized carbons (Fsp3) is 0.571. The molecule has 0 saturated heterocycles. The smallest absolute Gasteiger partial charge is 0.00103 e. The van der Waals surface area contributed by atoms with Crippen molar-refractivity contribution in [2.24, 2.45) is 0 Å². The van der Waals surface area contributed by atoms with E-state index < -0.39 is 0 Å². The molecular weight excluding hydrogens is 182 g/mol. The van der Waals surface area contributed by atoms with Gasteiger partial charge in [0.1, 0.15) is 0 Å². The van der Waals surface area contributed by atoms with Crippen molar-refractivity contribution >= 4 is 0 Å². The van der Waals surface area contributed by atoms with Gasteiger partial charge in [-0.1, -0.05) is 58.0 Å². The molecule has 0 saturated carbocycles. The van der Waals surface area contributed by atoms with E-state index in [9.17, 15) is 0 Å². The maximum Gasteiger partial charge on any atom is 0.00103 e. The van der Waals surface area contributed by atoms with Crippen LogP contribution in [0.15, 0.2) is 30.3 Å². The molecule has 1 rings (SSSR count). The molecular formula is C14H23N. The molecule has 15 heavy (non-hydrogen) atoms. The monoisotopic (exact) mass is 205 g/mol. The van der Waals surface area contributed by atoms with Crippen LogP contribution in [-0.2, 0) is 5.41 Å². The van der Waals surface area contributed by atoms with Crippen molar-refractivity contribution in [2.75, 3.05) is 6.54 Å². The van der Waals surface area contributed by atoms with E-state index in [1.165, 1.54) is 12.0 Å². The standard InChI is InChI=1S/C14H23N/c1-12(2)15-11-10-14(3,4)13-8-6-5-7-9-13/h5-9,12,15H,10-11H2,1-4H3. The van der Waals surface area contributed by atoms with Crippen LogP contribution >= 0.6 is 0 Å². The highest BCUT2D eigenvalue weighted by Gasteiger charge is 2.19. The Morgan fingerprint density at radius 2 is 1.73 bits per heavy atom. The lowest BCUT2D eigenvalue weighted by molar-refractivity contribution is 0.441. The minimum Gasteiger partial charge on any atom is -0.315 e. The zero-order chi connectivity index (χ0) is 11.3. The lowest BCUT2D eigenvalue weighted by Gasteiger charge is -2.26. The minimum absolute atomic E-state index is 0.267. The summed E-state index contributed by atoms with van der Waals surface area (Å²) in [7, 11) is 0. The third kappa shape index (κ3) is 4.05. The summed E-state index contributed by atoms with van der Waals surface area (Å²) in [5.41, 5.74) is 1.69. The van der Waals surface area contributed by atoms with Gasteiger partial charge in [-0.15, -0.1) is 0 Å². The topological polar surface area (TPSA) is 12.0 Å². The van der Waals surface area contributed by atoms with Gasteiger partial charge in [0.05, 0.1) is 0 Å². The number of hydrogen-bond donors (Lipinski definition) is 1. The van der Waals surface area contributed by atoms with Crippen molar-refractivity contribution in [1.82, 2.24) is 5.32 Å². The van der Waals surface area contributed by atoms with Crippen LogP contribution in [0.5, 0.6) is 0 Å². The van der Waals surface area contributed by atoms with Gasteiger partial charge in [-0.25, -0.2) is 0 Å². The van der Waals surface area contributed by atoms with E-state index in [0.717, 1.165) is 6.54 Å². The van der Waals surface area contributed by atoms with E-state index in [0.29, 0.717) is 6.04 Å². The summed E-state index contributed by atoms with van der Waals surface area (Å²) in [4.78, 5) is 0. The largest absolute Gasteiger partial charge is 0.315 e. The first-order valence-electron chi connectivity index (χ1n) is 5.81. The summed E-state index contributed by atoms with van der Waals surface area (Å²) in [5, 5.41) is 3.47. The highest BCUT2D eigenvalue weighted by atomic mass is 14.9. The van der Waals surface area contributed by atoms with Crippen molar-refractivity contribution in [3.05, 3.63) is 35.9 Å². The summed E-state index contributed by atoms with van der Waals surface area (Å²) in [5.74, 6) is 0. The van der Waals surface area contributed by atoms with Crippen LogP contribution in [0.2, 0.25) is 0 Å².